The normalized spacial score (nSPS) is 10.7. The average Bonchev–Trinajstić information content (AvgIpc) is 2.82. The molecule has 0 saturated heterocycles. The highest BCUT2D eigenvalue weighted by Crippen LogP contribution is 2.16. The van der Waals surface area contributed by atoms with E-state index >= 15 is 0 Å². The first-order valence-electron chi connectivity index (χ1n) is 6.29. The van der Waals surface area contributed by atoms with E-state index in [4.69, 9.17) is 0 Å². The van der Waals surface area contributed by atoms with Crippen molar-refractivity contribution in [3.8, 4) is 11.4 Å². The van der Waals surface area contributed by atoms with E-state index in [1.807, 2.05) is 45.2 Å². The van der Waals surface area contributed by atoms with Gasteiger partial charge in [-0.1, -0.05) is 38.1 Å². The van der Waals surface area contributed by atoms with Gasteiger partial charge in [0.15, 0.2) is 5.82 Å². The summed E-state index contributed by atoms with van der Waals surface area (Å²) in [4.78, 5) is 15.7. The zero-order valence-electron chi connectivity index (χ0n) is 11.4. The van der Waals surface area contributed by atoms with Crippen molar-refractivity contribution in [2.75, 3.05) is 0 Å². The van der Waals surface area contributed by atoms with E-state index in [0.29, 0.717) is 6.54 Å². The number of carbonyl (C=O) groups excluding carboxylic acids is 1. The molecule has 0 spiro atoms. The molecule has 5 nitrogen and oxygen atoms in total. The van der Waals surface area contributed by atoms with Crippen LogP contribution in [0.3, 0.4) is 0 Å². The molecule has 0 radical (unpaired) electrons. The van der Waals surface area contributed by atoms with Gasteiger partial charge in [0.05, 0.1) is 0 Å². The van der Waals surface area contributed by atoms with E-state index in [1.165, 1.54) is 6.33 Å². The molecule has 0 saturated carbocycles. The van der Waals surface area contributed by atoms with E-state index in [9.17, 15) is 4.79 Å². The van der Waals surface area contributed by atoms with E-state index in [0.717, 1.165) is 17.0 Å². The predicted molar refractivity (Wildman–Crippen MR) is 73.1 cm³/mol. The number of nitrogens with one attached hydrogen (secondary N) is 1. The van der Waals surface area contributed by atoms with Gasteiger partial charge in [0.25, 0.3) is 0 Å². The van der Waals surface area contributed by atoms with Crippen LogP contribution in [0.4, 0.5) is 0 Å². The molecule has 1 heterocycles. The Kier molecular flexibility index (Phi) is 3.94. The molecule has 1 N–H and O–H groups in total. The maximum atomic E-state index is 11.5. The third kappa shape index (κ3) is 3.19. The number of benzene rings is 1. The Morgan fingerprint density at radius 2 is 2.00 bits per heavy atom. The Balaban J connectivity index is 2.03. The second-order valence-electron chi connectivity index (χ2n) is 4.78. The van der Waals surface area contributed by atoms with Gasteiger partial charge in [-0.2, -0.15) is 5.10 Å². The first kappa shape index (κ1) is 13.3. The highest BCUT2D eigenvalue weighted by atomic mass is 16.1. The summed E-state index contributed by atoms with van der Waals surface area (Å²) in [7, 11) is 1.86. The van der Waals surface area contributed by atoms with Crippen LogP contribution in [-0.2, 0) is 18.4 Å². The largest absolute Gasteiger partial charge is 0.352 e. The highest BCUT2D eigenvalue weighted by molar-refractivity contribution is 5.77. The molecule has 0 aliphatic rings. The summed E-state index contributed by atoms with van der Waals surface area (Å²) in [5.74, 6) is 0.910. The van der Waals surface area contributed by atoms with Gasteiger partial charge in [0.2, 0.25) is 5.91 Å². The van der Waals surface area contributed by atoms with Gasteiger partial charge in [-0.15, -0.1) is 0 Å². The molecular weight excluding hydrogens is 240 g/mol. The van der Waals surface area contributed by atoms with Gasteiger partial charge in [0.1, 0.15) is 6.33 Å². The molecule has 0 aliphatic heterocycles. The van der Waals surface area contributed by atoms with E-state index in [1.54, 1.807) is 4.68 Å². The molecule has 1 aromatic carbocycles. The summed E-state index contributed by atoms with van der Waals surface area (Å²) < 4.78 is 1.73. The minimum atomic E-state index is 0.0120. The number of rotatable bonds is 4. The van der Waals surface area contributed by atoms with Crippen molar-refractivity contribution < 1.29 is 4.79 Å². The Hall–Kier alpha value is -2.17. The van der Waals surface area contributed by atoms with Crippen LogP contribution in [0, 0.1) is 5.92 Å². The lowest BCUT2D eigenvalue weighted by Gasteiger charge is -2.08. The van der Waals surface area contributed by atoms with Crippen LogP contribution in [0.25, 0.3) is 11.4 Å². The minimum Gasteiger partial charge on any atom is -0.352 e. The molecular formula is C14H18N4O. The number of carbonyl (C=O) groups is 1. The highest BCUT2D eigenvalue weighted by Gasteiger charge is 2.07. The van der Waals surface area contributed by atoms with Crippen LogP contribution in [0.5, 0.6) is 0 Å². The van der Waals surface area contributed by atoms with E-state index in [-0.39, 0.29) is 11.8 Å². The molecule has 0 unspecified atom stereocenters. The fourth-order valence-corrected chi connectivity index (χ4v) is 1.72. The summed E-state index contributed by atoms with van der Waals surface area (Å²) in [5, 5.41) is 6.93. The zero-order chi connectivity index (χ0) is 13.8. The summed E-state index contributed by atoms with van der Waals surface area (Å²) >= 11 is 0. The zero-order valence-corrected chi connectivity index (χ0v) is 11.4. The third-order valence-electron chi connectivity index (χ3n) is 2.91. The van der Waals surface area contributed by atoms with Gasteiger partial charge in [-0.05, 0) is 5.56 Å². The average molecular weight is 258 g/mol. The quantitative estimate of drug-likeness (QED) is 0.909. The van der Waals surface area contributed by atoms with E-state index in [2.05, 4.69) is 15.4 Å². The Morgan fingerprint density at radius 1 is 1.32 bits per heavy atom. The van der Waals surface area contributed by atoms with Gasteiger partial charge >= 0.3 is 0 Å². The summed E-state index contributed by atoms with van der Waals surface area (Å²) in [6.45, 7) is 4.31. The third-order valence-corrected chi connectivity index (χ3v) is 2.91. The maximum Gasteiger partial charge on any atom is 0.222 e. The molecule has 0 aliphatic carbocycles. The van der Waals surface area contributed by atoms with Gasteiger partial charge in [-0.3, -0.25) is 4.79 Å². The number of hydrogen-bond acceptors (Lipinski definition) is 3. The maximum absolute atomic E-state index is 11.5. The number of nitrogens with zero attached hydrogens (tertiary/aromatic N) is 3. The van der Waals surface area contributed by atoms with Crippen molar-refractivity contribution >= 4 is 5.91 Å². The van der Waals surface area contributed by atoms with Crippen molar-refractivity contribution in [2.24, 2.45) is 13.0 Å². The van der Waals surface area contributed by atoms with E-state index < -0.39 is 0 Å². The van der Waals surface area contributed by atoms with Gasteiger partial charge in [0, 0.05) is 25.1 Å². The molecule has 0 fully saturated rings. The van der Waals surface area contributed by atoms with Crippen molar-refractivity contribution in [1.29, 1.82) is 0 Å². The van der Waals surface area contributed by atoms with Crippen LogP contribution in [-0.4, -0.2) is 20.7 Å². The van der Waals surface area contributed by atoms with Crippen molar-refractivity contribution in [3.63, 3.8) is 0 Å². The fourth-order valence-electron chi connectivity index (χ4n) is 1.72. The minimum absolute atomic E-state index is 0.0120. The van der Waals surface area contributed by atoms with Crippen molar-refractivity contribution in [2.45, 2.75) is 20.4 Å². The number of aryl methyl sites for hydroxylation is 1. The van der Waals surface area contributed by atoms with Gasteiger partial charge < -0.3 is 5.32 Å². The predicted octanol–water partition coefficient (Wildman–Crippen LogP) is 1.75. The summed E-state index contributed by atoms with van der Waals surface area (Å²) in [5.41, 5.74) is 2.08. The topological polar surface area (TPSA) is 59.8 Å². The second kappa shape index (κ2) is 5.65. The van der Waals surface area contributed by atoms with Crippen LogP contribution in [0.1, 0.15) is 19.4 Å². The Bertz CT molecular complexity index is 557. The first-order valence-corrected chi connectivity index (χ1v) is 6.29. The van der Waals surface area contributed by atoms with Crippen LogP contribution >= 0.6 is 0 Å². The number of hydrogen-bond donors (Lipinski definition) is 1. The summed E-state index contributed by atoms with van der Waals surface area (Å²) in [6, 6.07) is 7.96. The SMILES string of the molecule is CC(C)C(=O)NCc1ccc(-c2ncnn2C)cc1. The molecule has 2 aromatic rings. The molecule has 100 valence electrons. The van der Waals surface area contributed by atoms with Crippen LogP contribution in [0.15, 0.2) is 30.6 Å². The molecule has 0 atom stereocenters. The monoisotopic (exact) mass is 258 g/mol. The molecule has 0 bridgehead atoms. The molecule has 19 heavy (non-hydrogen) atoms. The second-order valence-corrected chi connectivity index (χ2v) is 4.78. The Morgan fingerprint density at radius 3 is 2.53 bits per heavy atom. The number of aromatic nitrogens is 3. The number of amides is 1. The standard InChI is InChI=1S/C14H18N4O/c1-10(2)14(19)15-8-11-4-6-12(7-5-11)13-16-9-17-18(13)3/h4-7,9-10H,8H2,1-3H3,(H,15,19). The Labute approximate surface area is 112 Å². The summed E-state index contributed by atoms with van der Waals surface area (Å²) in [6.07, 6.45) is 1.53. The first-order chi connectivity index (χ1) is 9.08. The molecule has 1 aromatic heterocycles. The lowest BCUT2D eigenvalue weighted by molar-refractivity contribution is -0.124. The molecule has 1 amide bonds. The lowest BCUT2D eigenvalue weighted by Crippen LogP contribution is -2.27. The van der Waals surface area contributed by atoms with Gasteiger partial charge in [-0.25, -0.2) is 9.67 Å². The molecule has 5 heteroatoms. The molecule has 2 rings (SSSR count). The van der Waals surface area contributed by atoms with Crippen molar-refractivity contribution in [1.82, 2.24) is 20.1 Å². The van der Waals surface area contributed by atoms with Crippen molar-refractivity contribution in [3.05, 3.63) is 36.2 Å². The smallest absolute Gasteiger partial charge is 0.222 e. The fraction of sp³-hybridized carbons (Fsp3) is 0.357. The van der Waals surface area contributed by atoms with Crippen LogP contribution < -0.4 is 5.32 Å². The van der Waals surface area contributed by atoms with Crippen LogP contribution in [0.2, 0.25) is 0 Å². The lowest BCUT2D eigenvalue weighted by atomic mass is 10.1.